The van der Waals surface area contributed by atoms with E-state index in [4.69, 9.17) is 19.0 Å². The molecule has 6 nitrogen and oxygen atoms in total. The average Bonchev–Trinajstić information content (AvgIpc) is 3.13. The van der Waals surface area contributed by atoms with E-state index in [2.05, 4.69) is 5.32 Å². The van der Waals surface area contributed by atoms with Crippen molar-refractivity contribution in [1.29, 1.82) is 0 Å². The molecule has 0 aliphatic carbocycles. The second kappa shape index (κ2) is 5.49. The van der Waals surface area contributed by atoms with Crippen LogP contribution in [0.1, 0.15) is 34.8 Å². The third-order valence-electron chi connectivity index (χ3n) is 3.34. The van der Waals surface area contributed by atoms with Gasteiger partial charge in [-0.2, -0.15) is 0 Å². The number of para-hydroxylation sites is 1. The third-order valence-corrected chi connectivity index (χ3v) is 3.34. The zero-order valence-corrected chi connectivity index (χ0v) is 11.5. The lowest BCUT2D eigenvalue weighted by molar-refractivity contribution is 0.0659. The molecule has 0 radical (unpaired) electrons. The van der Waals surface area contributed by atoms with Crippen LogP contribution in [0.25, 0.3) is 0 Å². The summed E-state index contributed by atoms with van der Waals surface area (Å²) in [5, 5.41) is 12.1. The van der Waals surface area contributed by atoms with Gasteiger partial charge in [0, 0.05) is 12.1 Å². The number of rotatable bonds is 5. The molecule has 3 rings (SSSR count). The summed E-state index contributed by atoms with van der Waals surface area (Å²) in [5.74, 6) is 0.948. The highest BCUT2D eigenvalue weighted by Gasteiger charge is 2.18. The molecule has 1 atom stereocenters. The van der Waals surface area contributed by atoms with Gasteiger partial charge in [-0.25, -0.2) is 4.79 Å². The number of benzene rings is 1. The molecule has 0 amide bonds. The van der Waals surface area contributed by atoms with E-state index < -0.39 is 5.97 Å². The number of fused-ring (bicyclic) bond motifs is 1. The Morgan fingerprint density at radius 3 is 2.95 bits per heavy atom. The molecule has 21 heavy (non-hydrogen) atoms. The SMILES string of the molecule is CC(NCc1cccc2c1OCO2)c1ccc(C(=O)O)o1. The van der Waals surface area contributed by atoms with Crippen LogP contribution in [0, 0.1) is 0 Å². The topological polar surface area (TPSA) is 80.9 Å². The summed E-state index contributed by atoms with van der Waals surface area (Å²) in [6.07, 6.45) is 0. The Hall–Kier alpha value is -2.47. The Labute approximate surface area is 121 Å². The monoisotopic (exact) mass is 289 g/mol. The molecule has 1 aromatic carbocycles. The Bertz CT molecular complexity index is 664. The molecule has 0 bridgehead atoms. The molecule has 2 heterocycles. The van der Waals surface area contributed by atoms with E-state index in [1.807, 2.05) is 25.1 Å². The van der Waals surface area contributed by atoms with Gasteiger partial charge in [0.2, 0.25) is 12.6 Å². The molecule has 0 saturated heterocycles. The predicted octanol–water partition coefficient (Wildman–Crippen LogP) is 2.56. The van der Waals surface area contributed by atoms with Gasteiger partial charge in [-0.1, -0.05) is 12.1 Å². The quantitative estimate of drug-likeness (QED) is 0.880. The number of carboxylic acid groups (broad SMARTS) is 1. The Morgan fingerprint density at radius 2 is 2.19 bits per heavy atom. The van der Waals surface area contributed by atoms with Crippen LogP contribution in [-0.4, -0.2) is 17.9 Å². The molecule has 1 aromatic heterocycles. The first kappa shape index (κ1) is 13.5. The smallest absolute Gasteiger partial charge is 0.371 e. The number of carbonyl (C=O) groups is 1. The number of ether oxygens (including phenoxy) is 2. The summed E-state index contributed by atoms with van der Waals surface area (Å²) >= 11 is 0. The van der Waals surface area contributed by atoms with E-state index in [9.17, 15) is 4.79 Å². The van der Waals surface area contributed by atoms with Crippen LogP contribution >= 0.6 is 0 Å². The lowest BCUT2D eigenvalue weighted by Crippen LogP contribution is -2.17. The summed E-state index contributed by atoms with van der Waals surface area (Å²) in [5.41, 5.74) is 0.988. The highest BCUT2D eigenvalue weighted by molar-refractivity contribution is 5.84. The summed E-state index contributed by atoms with van der Waals surface area (Å²) in [6.45, 7) is 2.71. The second-order valence-corrected chi connectivity index (χ2v) is 4.76. The average molecular weight is 289 g/mol. The van der Waals surface area contributed by atoms with Crippen molar-refractivity contribution < 1.29 is 23.8 Å². The molecule has 1 aliphatic heterocycles. The van der Waals surface area contributed by atoms with Gasteiger partial charge in [-0.3, -0.25) is 0 Å². The van der Waals surface area contributed by atoms with Crippen molar-refractivity contribution in [1.82, 2.24) is 5.32 Å². The normalized spacial score (nSPS) is 14.1. The van der Waals surface area contributed by atoms with Crippen molar-refractivity contribution in [2.75, 3.05) is 6.79 Å². The van der Waals surface area contributed by atoms with Crippen LogP contribution in [0.2, 0.25) is 0 Å². The number of carboxylic acids is 1. The highest BCUT2D eigenvalue weighted by atomic mass is 16.7. The van der Waals surface area contributed by atoms with Crippen LogP contribution in [0.4, 0.5) is 0 Å². The summed E-state index contributed by atoms with van der Waals surface area (Å²) < 4.78 is 16.0. The lowest BCUT2D eigenvalue weighted by atomic mass is 10.1. The van der Waals surface area contributed by atoms with E-state index in [-0.39, 0.29) is 18.6 Å². The van der Waals surface area contributed by atoms with Gasteiger partial charge in [0.05, 0.1) is 6.04 Å². The van der Waals surface area contributed by atoms with Crippen molar-refractivity contribution >= 4 is 5.97 Å². The molecule has 1 unspecified atom stereocenters. The minimum absolute atomic E-state index is 0.0593. The molecule has 0 spiro atoms. The van der Waals surface area contributed by atoms with Gasteiger partial charge in [0.15, 0.2) is 11.5 Å². The first-order valence-corrected chi connectivity index (χ1v) is 6.59. The standard InChI is InChI=1S/C15H15NO5/c1-9(11-5-6-13(21-11)15(17)18)16-7-10-3-2-4-12-14(10)20-8-19-12/h2-6,9,16H,7-8H2,1H3,(H,17,18). The summed E-state index contributed by atoms with van der Waals surface area (Å²) in [4.78, 5) is 10.8. The summed E-state index contributed by atoms with van der Waals surface area (Å²) in [7, 11) is 0. The molecule has 0 fully saturated rings. The van der Waals surface area contributed by atoms with Gasteiger partial charge in [-0.05, 0) is 25.1 Å². The molecule has 1 aliphatic rings. The molecule has 2 N–H and O–H groups in total. The molecule has 2 aromatic rings. The molecule has 110 valence electrons. The molecule has 0 saturated carbocycles. The van der Waals surface area contributed by atoms with Gasteiger partial charge in [0.1, 0.15) is 5.76 Å². The number of furan rings is 1. The second-order valence-electron chi connectivity index (χ2n) is 4.76. The van der Waals surface area contributed by atoms with E-state index >= 15 is 0 Å². The van der Waals surface area contributed by atoms with Crippen LogP contribution in [0.15, 0.2) is 34.7 Å². The molecular weight excluding hydrogens is 274 g/mol. The van der Waals surface area contributed by atoms with Crippen LogP contribution in [0.3, 0.4) is 0 Å². The Kier molecular flexibility index (Phi) is 3.53. The minimum atomic E-state index is -1.07. The number of hydrogen-bond acceptors (Lipinski definition) is 5. The minimum Gasteiger partial charge on any atom is -0.475 e. The van der Waals surface area contributed by atoms with Crippen LogP contribution in [-0.2, 0) is 6.54 Å². The number of aromatic carboxylic acids is 1. The van der Waals surface area contributed by atoms with Crippen LogP contribution in [0.5, 0.6) is 11.5 Å². The maximum atomic E-state index is 10.8. The molecule has 6 heteroatoms. The fraction of sp³-hybridized carbons (Fsp3) is 0.267. The predicted molar refractivity (Wildman–Crippen MR) is 73.5 cm³/mol. The zero-order valence-electron chi connectivity index (χ0n) is 11.5. The van der Waals surface area contributed by atoms with Crippen molar-refractivity contribution in [2.24, 2.45) is 0 Å². The van der Waals surface area contributed by atoms with Crippen molar-refractivity contribution in [3.8, 4) is 11.5 Å². The first-order chi connectivity index (χ1) is 10.1. The van der Waals surface area contributed by atoms with E-state index in [0.717, 1.165) is 17.1 Å². The number of nitrogens with one attached hydrogen (secondary N) is 1. The van der Waals surface area contributed by atoms with E-state index in [0.29, 0.717) is 12.3 Å². The largest absolute Gasteiger partial charge is 0.475 e. The Morgan fingerprint density at radius 1 is 1.33 bits per heavy atom. The lowest BCUT2D eigenvalue weighted by Gasteiger charge is -2.12. The van der Waals surface area contributed by atoms with Gasteiger partial charge < -0.3 is 24.3 Å². The fourth-order valence-corrected chi connectivity index (χ4v) is 2.19. The van der Waals surface area contributed by atoms with Gasteiger partial charge in [0.25, 0.3) is 0 Å². The van der Waals surface area contributed by atoms with Crippen molar-refractivity contribution in [2.45, 2.75) is 19.5 Å². The van der Waals surface area contributed by atoms with Crippen molar-refractivity contribution in [3.63, 3.8) is 0 Å². The van der Waals surface area contributed by atoms with Crippen molar-refractivity contribution in [3.05, 3.63) is 47.4 Å². The maximum Gasteiger partial charge on any atom is 0.371 e. The van der Waals surface area contributed by atoms with Gasteiger partial charge >= 0.3 is 5.97 Å². The fourth-order valence-electron chi connectivity index (χ4n) is 2.19. The maximum absolute atomic E-state index is 10.8. The third kappa shape index (κ3) is 2.71. The first-order valence-electron chi connectivity index (χ1n) is 6.59. The van der Waals surface area contributed by atoms with E-state index in [1.54, 1.807) is 6.07 Å². The Balaban J connectivity index is 1.67. The number of hydrogen-bond donors (Lipinski definition) is 2. The van der Waals surface area contributed by atoms with E-state index in [1.165, 1.54) is 6.07 Å². The zero-order chi connectivity index (χ0) is 14.8. The highest BCUT2D eigenvalue weighted by Crippen LogP contribution is 2.35. The summed E-state index contributed by atoms with van der Waals surface area (Å²) in [6, 6.07) is 8.73. The van der Waals surface area contributed by atoms with Gasteiger partial charge in [-0.15, -0.1) is 0 Å². The molecular formula is C15H15NO5. The van der Waals surface area contributed by atoms with Crippen LogP contribution < -0.4 is 14.8 Å².